The van der Waals surface area contributed by atoms with Gasteiger partial charge in [-0.15, -0.1) is 0 Å². The number of rotatable bonds is 8. The fraction of sp³-hybridized carbons (Fsp3) is 0.391. The van der Waals surface area contributed by atoms with Gasteiger partial charge in [0.15, 0.2) is 5.11 Å². The third-order valence-corrected chi connectivity index (χ3v) is 4.73. The number of anilines is 1. The summed E-state index contributed by atoms with van der Waals surface area (Å²) in [5, 5.41) is 6.19. The van der Waals surface area contributed by atoms with Gasteiger partial charge in [-0.2, -0.15) is 0 Å². The van der Waals surface area contributed by atoms with E-state index in [1.54, 1.807) is 6.07 Å². The number of carbonyl (C=O) groups is 1. The zero-order valence-corrected chi connectivity index (χ0v) is 18.0. The number of ether oxygens (including phenoxy) is 1. The van der Waals surface area contributed by atoms with Crippen molar-refractivity contribution < 1.29 is 9.53 Å². The van der Waals surface area contributed by atoms with Gasteiger partial charge in [-0.3, -0.25) is 10.1 Å². The van der Waals surface area contributed by atoms with Crippen molar-refractivity contribution in [1.29, 1.82) is 0 Å². The molecule has 2 aromatic rings. The van der Waals surface area contributed by atoms with E-state index >= 15 is 0 Å². The minimum atomic E-state index is -0.274. The number of nitrogens with one attached hydrogen (secondary N) is 2. The molecule has 2 N–H and O–H groups in total. The molecule has 150 valence electrons. The molecule has 0 aliphatic rings. The normalized spacial score (nSPS) is 10.4. The molecule has 2 rings (SSSR count). The van der Waals surface area contributed by atoms with Crippen molar-refractivity contribution in [3.8, 4) is 5.75 Å². The Morgan fingerprint density at radius 1 is 1.04 bits per heavy atom. The third kappa shape index (κ3) is 6.34. The van der Waals surface area contributed by atoms with Gasteiger partial charge in [0, 0.05) is 5.69 Å². The van der Waals surface area contributed by atoms with Gasteiger partial charge in [0.25, 0.3) is 5.91 Å². The number of hydrogen-bond donors (Lipinski definition) is 2. The molecule has 0 bridgehead atoms. The van der Waals surface area contributed by atoms with Gasteiger partial charge in [0.2, 0.25) is 0 Å². The van der Waals surface area contributed by atoms with Crippen LogP contribution in [0, 0.1) is 20.8 Å². The van der Waals surface area contributed by atoms with Crippen molar-refractivity contribution in [2.45, 2.75) is 53.4 Å². The first-order valence-corrected chi connectivity index (χ1v) is 10.2. The summed E-state index contributed by atoms with van der Waals surface area (Å²) >= 11 is 5.36. The fourth-order valence-electron chi connectivity index (χ4n) is 3.18. The summed E-state index contributed by atoms with van der Waals surface area (Å²) in [7, 11) is 0. The van der Waals surface area contributed by atoms with Gasteiger partial charge in [-0.1, -0.05) is 56.0 Å². The maximum atomic E-state index is 12.7. The van der Waals surface area contributed by atoms with Crippen LogP contribution in [0.25, 0.3) is 0 Å². The molecule has 0 atom stereocenters. The van der Waals surface area contributed by atoms with E-state index in [1.165, 1.54) is 18.4 Å². The molecule has 4 nitrogen and oxygen atoms in total. The summed E-state index contributed by atoms with van der Waals surface area (Å²) < 4.78 is 5.83. The largest absolute Gasteiger partial charge is 0.493 e. The summed E-state index contributed by atoms with van der Waals surface area (Å²) in [5.74, 6) is 0.311. The van der Waals surface area contributed by atoms with E-state index in [2.05, 4.69) is 36.6 Å². The highest BCUT2D eigenvalue weighted by molar-refractivity contribution is 7.80. The van der Waals surface area contributed by atoms with E-state index in [0.717, 1.165) is 29.7 Å². The van der Waals surface area contributed by atoms with Crippen LogP contribution in [-0.4, -0.2) is 17.6 Å². The van der Waals surface area contributed by atoms with Crippen LogP contribution in [0.15, 0.2) is 36.4 Å². The molecule has 0 unspecified atom stereocenters. The fourth-order valence-corrected chi connectivity index (χ4v) is 3.38. The number of carbonyl (C=O) groups excluding carboxylic acids is 1. The Bertz CT molecular complexity index is 810. The van der Waals surface area contributed by atoms with Crippen molar-refractivity contribution in [3.05, 3.63) is 58.7 Å². The Labute approximate surface area is 173 Å². The Balaban J connectivity index is 2.00. The highest BCUT2D eigenvalue weighted by Crippen LogP contribution is 2.22. The van der Waals surface area contributed by atoms with Crippen molar-refractivity contribution in [1.82, 2.24) is 5.32 Å². The number of unbranched alkanes of at least 4 members (excludes halogenated alkanes) is 3. The predicted molar refractivity (Wildman–Crippen MR) is 120 cm³/mol. The zero-order chi connectivity index (χ0) is 20.5. The van der Waals surface area contributed by atoms with Crippen molar-refractivity contribution in [2.24, 2.45) is 0 Å². The van der Waals surface area contributed by atoms with Gasteiger partial charge in [0.05, 0.1) is 12.2 Å². The second kappa shape index (κ2) is 10.8. The van der Waals surface area contributed by atoms with Crippen LogP contribution in [0.2, 0.25) is 0 Å². The summed E-state index contributed by atoms with van der Waals surface area (Å²) in [5.41, 5.74) is 4.78. The Morgan fingerprint density at radius 3 is 2.39 bits per heavy atom. The number of thiocarbonyl (C=S) groups is 1. The van der Waals surface area contributed by atoms with Crippen LogP contribution in [0.1, 0.15) is 59.7 Å². The molecule has 0 aromatic heterocycles. The molecule has 28 heavy (non-hydrogen) atoms. The van der Waals surface area contributed by atoms with Crippen LogP contribution in [-0.2, 0) is 0 Å². The highest BCUT2D eigenvalue weighted by atomic mass is 32.1. The molecule has 0 aliphatic carbocycles. The van der Waals surface area contributed by atoms with Crippen LogP contribution < -0.4 is 15.4 Å². The molecule has 0 spiro atoms. The summed E-state index contributed by atoms with van der Waals surface area (Å²) in [6.07, 6.45) is 4.50. The quantitative estimate of drug-likeness (QED) is 0.442. The predicted octanol–water partition coefficient (Wildman–Crippen LogP) is 5.70. The average molecular weight is 399 g/mol. The SMILES string of the molecule is CCCCCCOc1ccccc1C(=O)NC(=S)Nc1c(C)cc(C)cc1C. The van der Waals surface area contributed by atoms with E-state index in [1.807, 2.05) is 32.0 Å². The van der Waals surface area contributed by atoms with Gasteiger partial charge in [-0.25, -0.2) is 0 Å². The lowest BCUT2D eigenvalue weighted by Gasteiger charge is -2.16. The lowest BCUT2D eigenvalue weighted by Crippen LogP contribution is -2.34. The van der Waals surface area contributed by atoms with E-state index in [-0.39, 0.29) is 11.0 Å². The standard InChI is InChI=1S/C23H30N2O2S/c1-5-6-7-10-13-27-20-12-9-8-11-19(20)22(26)25-23(28)24-21-17(3)14-16(2)15-18(21)4/h8-9,11-12,14-15H,5-7,10,13H2,1-4H3,(H2,24,25,26,28). The molecule has 0 fully saturated rings. The number of para-hydroxylation sites is 1. The topological polar surface area (TPSA) is 50.4 Å². The monoisotopic (exact) mass is 398 g/mol. The molecule has 1 amide bonds. The van der Waals surface area contributed by atoms with Crippen molar-refractivity contribution >= 4 is 28.9 Å². The molecular formula is C23H30N2O2S. The third-order valence-electron chi connectivity index (χ3n) is 4.53. The van der Waals surface area contributed by atoms with E-state index < -0.39 is 0 Å². The second-order valence-corrected chi connectivity index (χ2v) is 7.50. The Hall–Kier alpha value is -2.40. The zero-order valence-electron chi connectivity index (χ0n) is 17.2. The molecule has 0 aliphatic heterocycles. The maximum Gasteiger partial charge on any atom is 0.261 e. The van der Waals surface area contributed by atoms with Crippen LogP contribution in [0.4, 0.5) is 5.69 Å². The molecule has 0 radical (unpaired) electrons. The highest BCUT2D eigenvalue weighted by Gasteiger charge is 2.14. The number of aryl methyl sites for hydroxylation is 3. The molecule has 0 saturated heterocycles. The minimum absolute atomic E-state index is 0.274. The molecule has 0 heterocycles. The van der Waals surface area contributed by atoms with Crippen molar-refractivity contribution in [3.63, 3.8) is 0 Å². The first-order valence-electron chi connectivity index (χ1n) is 9.84. The minimum Gasteiger partial charge on any atom is -0.493 e. The lowest BCUT2D eigenvalue weighted by atomic mass is 10.1. The Kier molecular flexibility index (Phi) is 8.45. The summed E-state index contributed by atoms with van der Waals surface area (Å²) in [6.45, 7) is 8.89. The summed E-state index contributed by atoms with van der Waals surface area (Å²) in [6, 6.07) is 11.4. The average Bonchev–Trinajstić information content (AvgIpc) is 2.64. The van der Waals surface area contributed by atoms with E-state index in [4.69, 9.17) is 17.0 Å². The Morgan fingerprint density at radius 2 is 1.71 bits per heavy atom. The van der Waals surface area contributed by atoms with Gasteiger partial charge < -0.3 is 10.1 Å². The number of amides is 1. The van der Waals surface area contributed by atoms with Crippen LogP contribution in [0.3, 0.4) is 0 Å². The van der Waals surface area contributed by atoms with Gasteiger partial charge in [0.1, 0.15) is 5.75 Å². The molecule has 2 aromatic carbocycles. The summed E-state index contributed by atoms with van der Waals surface area (Å²) in [4.78, 5) is 12.7. The van der Waals surface area contributed by atoms with Crippen LogP contribution >= 0.6 is 12.2 Å². The van der Waals surface area contributed by atoms with Gasteiger partial charge >= 0.3 is 0 Å². The molecular weight excluding hydrogens is 368 g/mol. The first-order chi connectivity index (χ1) is 13.4. The second-order valence-electron chi connectivity index (χ2n) is 7.09. The molecule has 5 heteroatoms. The molecule has 0 saturated carbocycles. The smallest absolute Gasteiger partial charge is 0.261 e. The lowest BCUT2D eigenvalue weighted by molar-refractivity contribution is 0.0973. The number of hydrogen-bond acceptors (Lipinski definition) is 3. The van der Waals surface area contributed by atoms with E-state index in [0.29, 0.717) is 17.9 Å². The van der Waals surface area contributed by atoms with Crippen molar-refractivity contribution in [2.75, 3.05) is 11.9 Å². The van der Waals surface area contributed by atoms with Crippen LogP contribution in [0.5, 0.6) is 5.75 Å². The van der Waals surface area contributed by atoms with Gasteiger partial charge in [-0.05, 0) is 62.7 Å². The number of benzene rings is 2. The maximum absolute atomic E-state index is 12.7. The van der Waals surface area contributed by atoms with E-state index in [9.17, 15) is 4.79 Å². The first kappa shape index (κ1) is 21.9.